The number of imidazole rings is 1. The summed E-state index contributed by atoms with van der Waals surface area (Å²) in [5.74, 6) is 1.70. The van der Waals surface area contributed by atoms with E-state index < -0.39 is 11.0 Å². The molecule has 1 atom stereocenters. The standard InChI is InChI=1S/C24H32N4O2S/c1-24(2,3)23-26-21-15-19(27(4)31(29)20-8-5-18(25)6-9-20)7-10-22(21)28(23)16-17-11-13-30-14-12-17/h5-10,15,17H,11-14,16,25H2,1-4H3. The van der Waals surface area contributed by atoms with Gasteiger partial charge in [-0.05, 0) is 61.2 Å². The molecule has 1 fully saturated rings. The van der Waals surface area contributed by atoms with Crippen LogP contribution in [0.5, 0.6) is 0 Å². The number of anilines is 2. The molecule has 1 aromatic heterocycles. The first-order chi connectivity index (χ1) is 14.7. The molecule has 1 unspecified atom stereocenters. The van der Waals surface area contributed by atoms with Crippen LogP contribution in [0.2, 0.25) is 0 Å². The zero-order chi connectivity index (χ0) is 22.2. The number of benzene rings is 2. The van der Waals surface area contributed by atoms with Crippen LogP contribution in [0.25, 0.3) is 11.0 Å². The van der Waals surface area contributed by atoms with Crippen LogP contribution in [0.4, 0.5) is 11.4 Å². The van der Waals surface area contributed by atoms with Gasteiger partial charge in [0.1, 0.15) is 5.82 Å². The van der Waals surface area contributed by atoms with Gasteiger partial charge in [0.15, 0.2) is 11.0 Å². The van der Waals surface area contributed by atoms with Crippen LogP contribution in [-0.2, 0) is 27.7 Å². The number of nitrogen functional groups attached to an aromatic ring is 1. The minimum Gasteiger partial charge on any atom is -0.399 e. The molecule has 0 bridgehead atoms. The predicted octanol–water partition coefficient (Wildman–Crippen LogP) is 4.50. The SMILES string of the molecule is CN(c1ccc2c(c1)nc(C(C)(C)C)n2CC1CCOCC1)S(=O)c1ccc(N)cc1. The minimum absolute atomic E-state index is 0.0664. The van der Waals surface area contributed by atoms with E-state index in [1.165, 1.54) is 0 Å². The Morgan fingerprint density at radius 3 is 2.48 bits per heavy atom. The van der Waals surface area contributed by atoms with E-state index in [0.29, 0.717) is 11.6 Å². The molecule has 0 amide bonds. The molecule has 0 saturated carbocycles. The molecule has 4 rings (SSSR count). The van der Waals surface area contributed by atoms with Crippen molar-refractivity contribution in [3.05, 3.63) is 48.3 Å². The maximum absolute atomic E-state index is 13.0. The summed E-state index contributed by atoms with van der Waals surface area (Å²) >= 11 is 0. The third-order valence-electron chi connectivity index (χ3n) is 5.88. The molecule has 0 radical (unpaired) electrons. The van der Waals surface area contributed by atoms with Crippen molar-refractivity contribution in [2.45, 2.75) is 50.5 Å². The van der Waals surface area contributed by atoms with E-state index in [-0.39, 0.29) is 5.41 Å². The van der Waals surface area contributed by atoms with Gasteiger partial charge in [-0.1, -0.05) is 20.8 Å². The largest absolute Gasteiger partial charge is 0.399 e. The Kier molecular flexibility index (Phi) is 6.08. The van der Waals surface area contributed by atoms with E-state index in [1.54, 1.807) is 28.6 Å². The first-order valence-corrected chi connectivity index (χ1v) is 11.9. The van der Waals surface area contributed by atoms with E-state index in [9.17, 15) is 4.21 Å². The summed E-state index contributed by atoms with van der Waals surface area (Å²) in [6, 6.07) is 13.4. The van der Waals surface area contributed by atoms with Crippen LogP contribution in [0, 0.1) is 5.92 Å². The highest BCUT2D eigenvalue weighted by molar-refractivity contribution is 7.86. The average molecular weight is 441 g/mol. The molecule has 166 valence electrons. The summed E-state index contributed by atoms with van der Waals surface area (Å²) in [6.07, 6.45) is 2.18. The fourth-order valence-corrected chi connectivity index (χ4v) is 5.09. The Balaban J connectivity index is 1.68. The summed E-state index contributed by atoms with van der Waals surface area (Å²) in [4.78, 5) is 5.75. The fraction of sp³-hybridized carbons (Fsp3) is 0.458. The molecule has 1 saturated heterocycles. The zero-order valence-corrected chi connectivity index (χ0v) is 19.6. The van der Waals surface area contributed by atoms with Crippen molar-refractivity contribution >= 4 is 33.4 Å². The number of hydrogen-bond acceptors (Lipinski definition) is 4. The summed E-state index contributed by atoms with van der Waals surface area (Å²) < 4.78 is 22.7. The molecule has 6 nitrogen and oxygen atoms in total. The van der Waals surface area contributed by atoms with E-state index >= 15 is 0 Å². The second-order valence-electron chi connectivity index (χ2n) is 9.34. The van der Waals surface area contributed by atoms with Gasteiger partial charge in [0.2, 0.25) is 0 Å². The number of fused-ring (bicyclic) bond motifs is 1. The summed E-state index contributed by atoms with van der Waals surface area (Å²) in [6.45, 7) is 9.26. The van der Waals surface area contributed by atoms with Crippen molar-refractivity contribution < 1.29 is 8.95 Å². The highest BCUT2D eigenvalue weighted by Gasteiger charge is 2.26. The van der Waals surface area contributed by atoms with E-state index in [0.717, 1.165) is 60.0 Å². The number of ether oxygens (including phenoxy) is 1. The second-order valence-corrected chi connectivity index (χ2v) is 10.9. The summed E-state index contributed by atoms with van der Waals surface area (Å²) in [5.41, 5.74) is 9.31. The van der Waals surface area contributed by atoms with Crippen molar-refractivity contribution in [1.29, 1.82) is 0 Å². The van der Waals surface area contributed by atoms with Crippen molar-refractivity contribution in [2.24, 2.45) is 5.92 Å². The number of aromatic nitrogens is 2. The lowest BCUT2D eigenvalue weighted by Gasteiger charge is -2.26. The molecule has 0 aliphatic carbocycles. The second kappa shape index (κ2) is 8.63. The lowest BCUT2D eigenvalue weighted by molar-refractivity contribution is 0.0611. The molecule has 2 heterocycles. The fourth-order valence-electron chi connectivity index (χ4n) is 4.10. The third kappa shape index (κ3) is 4.62. The van der Waals surface area contributed by atoms with Crippen molar-refractivity contribution in [3.8, 4) is 0 Å². The van der Waals surface area contributed by atoms with Crippen LogP contribution < -0.4 is 10.0 Å². The minimum atomic E-state index is -1.32. The number of hydrogen-bond donors (Lipinski definition) is 1. The Labute approximate surface area is 187 Å². The van der Waals surface area contributed by atoms with E-state index in [4.69, 9.17) is 15.5 Å². The van der Waals surface area contributed by atoms with Gasteiger partial charge in [0, 0.05) is 37.9 Å². The van der Waals surface area contributed by atoms with Gasteiger partial charge in [0.25, 0.3) is 0 Å². The van der Waals surface area contributed by atoms with E-state index in [1.807, 2.05) is 19.2 Å². The maximum atomic E-state index is 13.0. The van der Waals surface area contributed by atoms with Crippen LogP contribution >= 0.6 is 0 Å². The van der Waals surface area contributed by atoms with Crippen molar-refractivity contribution in [3.63, 3.8) is 0 Å². The zero-order valence-electron chi connectivity index (χ0n) is 18.8. The topological polar surface area (TPSA) is 73.4 Å². The number of rotatable bonds is 5. The van der Waals surface area contributed by atoms with Crippen molar-refractivity contribution in [1.82, 2.24) is 9.55 Å². The number of nitrogens with two attached hydrogens (primary N) is 1. The summed E-state index contributed by atoms with van der Waals surface area (Å²) in [7, 11) is 0.522. The Morgan fingerprint density at radius 2 is 1.84 bits per heavy atom. The first kappa shape index (κ1) is 21.8. The molecule has 7 heteroatoms. The Morgan fingerprint density at radius 1 is 1.16 bits per heavy atom. The lowest BCUT2D eigenvalue weighted by atomic mass is 9.94. The maximum Gasteiger partial charge on any atom is 0.152 e. The monoisotopic (exact) mass is 440 g/mol. The predicted molar refractivity (Wildman–Crippen MR) is 128 cm³/mol. The summed E-state index contributed by atoms with van der Waals surface area (Å²) in [5, 5.41) is 0. The molecular formula is C24H32N4O2S. The Hall–Kier alpha value is -2.38. The van der Waals surface area contributed by atoms with Crippen LogP contribution in [-0.4, -0.2) is 34.0 Å². The van der Waals surface area contributed by atoms with Crippen LogP contribution in [0.3, 0.4) is 0 Å². The first-order valence-electron chi connectivity index (χ1n) is 10.8. The quantitative estimate of drug-likeness (QED) is 0.593. The molecule has 0 spiro atoms. The van der Waals surface area contributed by atoms with Gasteiger partial charge < -0.3 is 15.0 Å². The van der Waals surface area contributed by atoms with Gasteiger partial charge in [-0.15, -0.1) is 0 Å². The highest BCUT2D eigenvalue weighted by atomic mass is 32.2. The highest BCUT2D eigenvalue weighted by Crippen LogP contribution is 2.31. The van der Waals surface area contributed by atoms with Gasteiger partial charge in [0.05, 0.1) is 21.6 Å². The van der Waals surface area contributed by atoms with E-state index in [2.05, 4.69) is 31.4 Å². The molecule has 1 aliphatic rings. The molecule has 1 aliphatic heterocycles. The van der Waals surface area contributed by atoms with Gasteiger partial charge in [-0.3, -0.25) is 4.31 Å². The number of nitrogens with zero attached hydrogens (tertiary/aromatic N) is 3. The molecule has 2 aromatic carbocycles. The van der Waals surface area contributed by atoms with Crippen molar-refractivity contribution in [2.75, 3.05) is 30.3 Å². The smallest absolute Gasteiger partial charge is 0.152 e. The lowest BCUT2D eigenvalue weighted by Crippen LogP contribution is -2.25. The average Bonchev–Trinajstić information content (AvgIpc) is 3.12. The van der Waals surface area contributed by atoms with Crippen LogP contribution in [0.1, 0.15) is 39.4 Å². The van der Waals surface area contributed by atoms with Crippen LogP contribution in [0.15, 0.2) is 47.4 Å². The molecule has 2 N–H and O–H groups in total. The molecule has 3 aromatic rings. The van der Waals surface area contributed by atoms with Gasteiger partial charge in [-0.2, -0.15) is 0 Å². The molecular weight excluding hydrogens is 408 g/mol. The Bertz CT molecular complexity index is 1080. The normalized spacial score (nSPS) is 16.5. The third-order valence-corrected chi connectivity index (χ3v) is 7.26. The van der Waals surface area contributed by atoms with Gasteiger partial charge in [-0.25, -0.2) is 9.19 Å². The van der Waals surface area contributed by atoms with Gasteiger partial charge >= 0.3 is 0 Å². The molecule has 31 heavy (non-hydrogen) atoms.